The highest BCUT2D eigenvalue weighted by Crippen LogP contribution is 2.38. The summed E-state index contributed by atoms with van der Waals surface area (Å²) in [5.74, 6) is 0.394. The molecule has 2 aromatic rings. The monoisotopic (exact) mass is 357 g/mol. The van der Waals surface area contributed by atoms with Gasteiger partial charge in [0.2, 0.25) is 0 Å². The molecule has 0 unspecified atom stereocenters. The number of methoxy groups -OCH3 is 1. The number of amides is 1. The van der Waals surface area contributed by atoms with Crippen LogP contribution in [0.15, 0.2) is 41.6 Å². The molecular weight excluding hydrogens is 334 g/mol. The van der Waals surface area contributed by atoms with Crippen LogP contribution in [0.5, 0.6) is 5.75 Å². The number of aromatic nitrogens is 2. The van der Waals surface area contributed by atoms with Crippen molar-refractivity contribution >= 4 is 5.91 Å². The van der Waals surface area contributed by atoms with Crippen molar-refractivity contribution in [3.05, 3.63) is 58.3 Å². The minimum absolute atomic E-state index is 0.110. The molecule has 0 aliphatic heterocycles. The van der Waals surface area contributed by atoms with Gasteiger partial charge in [0.25, 0.3) is 11.5 Å². The fourth-order valence-corrected chi connectivity index (χ4v) is 3.23. The summed E-state index contributed by atoms with van der Waals surface area (Å²) in [6.45, 7) is 2.42. The van der Waals surface area contributed by atoms with Crippen LogP contribution in [0.4, 0.5) is 0 Å². The molecule has 7 heteroatoms. The second-order valence-corrected chi connectivity index (χ2v) is 6.53. The van der Waals surface area contributed by atoms with Gasteiger partial charge in [-0.2, -0.15) is 0 Å². The van der Waals surface area contributed by atoms with Crippen molar-refractivity contribution in [2.45, 2.75) is 38.5 Å². The number of hydrogen-bond donors (Lipinski definition) is 2. The highest BCUT2D eigenvalue weighted by molar-refractivity contribution is 5.94. The third kappa shape index (κ3) is 3.77. The van der Waals surface area contributed by atoms with Crippen molar-refractivity contribution in [3.8, 4) is 5.75 Å². The van der Waals surface area contributed by atoms with Gasteiger partial charge >= 0.3 is 0 Å². The van der Waals surface area contributed by atoms with Crippen LogP contribution >= 0.6 is 0 Å². The number of carbonyl (C=O) groups excluding carboxylic acids is 1. The molecule has 7 nitrogen and oxygen atoms in total. The van der Waals surface area contributed by atoms with Crippen LogP contribution in [0.25, 0.3) is 0 Å². The molecule has 2 N–H and O–H groups in total. The molecule has 1 aliphatic carbocycles. The van der Waals surface area contributed by atoms with Crippen LogP contribution < -0.4 is 15.6 Å². The Hall–Kier alpha value is -2.67. The van der Waals surface area contributed by atoms with E-state index in [4.69, 9.17) is 4.74 Å². The number of rotatable bonds is 6. The van der Waals surface area contributed by atoms with E-state index in [1.54, 1.807) is 31.8 Å². The van der Waals surface area contributed by atoms with Crippen molar-refractivity contribution in [2.24, 2.45) is 5.92 Å². The number of aliphatic hydroxyl groups is 1. The summed E-state index contributed by atoms with van der Waals surface area (Å²) >= 11 is 0. The van der Waals surface area contributed by atoms with Crippen LogP contribution in [0, 0.1) is 5.92 Å². The predicted molar refractivity (Wildman–Crippen MR) is 96.1 cm³/mol. The van der Waals surface area contributed by atoms with Gasteiger partial charge in [-0.25, -0.2) is 0 Å². The van der Waals surface area contributed by atoms with Crippen molar-refractivity contribution in [2.75, 3.05) is 7.11 Å². The first-order valence-corrected chi connectivity index (χ1v) is 8.70. The van der Waals surface area contributed by atoms with Gasteiger partial charge in [0, 0.05) is 30.6 Å². The first-order valence-electron chi connectivity index (χ1n) is 8.70. The molecule has 0 spiro atoms. The topological polar surface area (TPSA) is 93.5 Å². The van der Waals surface area contributed by atoms with E-state index in [0.29, 0.717) is 30.7 Å². The van der Waals surface area contributed by atoms with Gasteiger partial charge in [0.05, 0.1) is 25.5 Å². The van der Waals surface area contributed by atoms with Crippen molar-refractivity contribution in [1.29, 1.82) is 0 Å². The minimum atomic E-state index is -0.341. The average Bonchev–Trinajstić information content (AvgIpc) is 2.63. The average molecular weight is 357 g/mol. The molecular formula is C19H23N3O4. The number of nitrogens with zero attached hydrogens (tertiary/aromatic N) is 2. The zero-order valence-corrected chi connectivity index (χ0v) is 14.9. The lowest BCUT2D eigenvalue weighted by molar-refractivity contribution is 0.0234. The summed E-state index contributed by atoms with van der Waals surface area (Å²) in [6.07, 6.45) is 5.79. The Morgan fingerprint density at radius 2 is 2.19 bits per heavy atom. The van der Waals surface area contributed by atoms with Crippen LogP contribution in [0.2, 0.25) is 0 Å². The van der Waals surface area contributed by atoms with Crippen molar-refractivity contribution < 1.29 is 14.6 Å². The molecule has 26 heavy (non-hydrogen) atoms. The van der Waals surface area contributed by atoms with Gasteiger partial charge < -0.3 is 19.7 Å². The minimum Gasteiger partial charge on any atom is -0.495 e. The van der Waals surface area contributed by atoms with E-state index in [2.05, 4.69) is 10.3 Å². The normalized spacial score (nSPS) is 20.1. The molecule has 1 amide bonds. The highest BCUT2D eigenvalue weighted by atomic mass is 16.5. The second kappa shape index (κ2) is 7.70. The third-order valence-electron chi connectivity index (χ3n) is 4.84. The van der Waals surface area contributed by atoms with E-state index in [-0.39, 0.29) is 29.5 Å². The molecule has 0 bridgehead atoms. The molecule has 138 valence electrons. The van der Waals surface area contributed by atoms with Gasteiger partial charge in [-0.3, -0.25) is 14.6 Å². The molecule has 0 radical (unpaired) electrons. The van der Waals surface area contributed by atoms with E-state index in [1.165, 1.54) is 10.6 Å². The van der Waals surface area contributed by atoms with E-state index in [9.17, 15) is 14.7 Å². The number of pyridine rings is 2. The summed E-state index contributed by atoms with van der Waals surface area (Å²) < 4.78 is 6.75. The first-order chi connectivity index (χ1) is 12.5. The van der Waals surface area contributed by atoms with E-state index in [0.717, 1.165) is 5.56 Å². The Balaban J connectivity index is 1.84. The maximum Gasteiger partial charge on any atom is 0.252 e. The van der Waals surface area contributed by atoms with E-state index in [1.807, 2.05) is 13.0 Å². The highest BCUT2D eigenvalue weighted by Gasteiger charge is 2.36. The van der Waals surface area contributed by atoms with Crippen LogP contribution in [-0.4, -0.2) is 33.8 Å². The maximum absolute atomic E-state index is 12.7. The molecule has 3 rings (SSSR count). The number of nitrogens with one attached hydrogen (secondary N) is 1. The van der Waals surface area contributed by atoms with E-state index < -0.39 is 0 Å². The standard InChI is InChI=1S/C19H23N3O4/c1-3-22-5-4-12(9-17(22)24)19(25)21-18(13-6-15(23)7-13)14-8-16(26-2)11-20-10-14/h4-5,8-11,13,15,18,23H,3,6-7H2,1-2H3,(H,21,25)/t13?,15?,18-/m1/s1. The molecule has 2 heterocycles. The van der Waals surface area contributed by atoms with E-state index >= 15 is 0 Å². The molecule has 1 aliphatic rings. The molecule has 1 atom stereocenters. The maximum atomic E-state index is 12.7. The van der Waals surface area contributed by atoms with Crippen LogP contribution in [0.1, 0.15) is 41.7 Å². The number of ether oxygens (including phenoxy) is 1. The Labute approximate surface area is 151 Å². The molecule has 1 saturated carbocycles. The Kier molecular flexibility index (Phi) is 5.37. The zero-order chi connectivity index (χ0) is 18.7. The SMILES string of the molecule is CCn1ccc(C(=O)N[C@@H](c2cncc(OC)c2)C2CC(O)C2)cc1=O. The summed E-state index contributed by atoms with van der Waals surface area (Å²) in [5.41, 5.74) is 0.927. The third-order valence-corrected chi connectivity index (χ3v) is 4.84. The number of carbonyl (C=O) groups is 1. The fraction of sp³-hybridized carbons (Fsp3) is 0.421. The smallest absolute Gasteiger partial charge is 0.252 e. The summed E-state index contributed by atoms with van der Waals surface area (Å²) in [6, 6.07) is 4.51. The molecule has 2 aromatic heterocycles. The Morgan fingerprint density at radius 3 is 2.81 bits per heavy atom. The number of hydrogen-bond acceptors (Lipinski definition) is 5. The predicted octanol–water partition coefficient (Wildman–Crippen LogP) is 1.51. The summed E-state index contributed by atoms with van der Waals surface area (Å²) in [5, 5.41) is 12.7. The van der Waals surface area contributed by atoms with Gasteiger partial charge in [-0.05, 0) is 43.4 Å². The lowest BCUT2D eigenvalue weighted by atomic mass is 9.75. The molecule has 0 aromatic carbocycles. The van der Waals surface area contributed by atoms with Crippen molar-refractivity contribution in [3.63, 3.8) is 0 Å². The van der Waals surface area contributed by atoms with Gasteiger partial charge in [0.1, 0.15) is 5.75 Å². The number of aryl methyl sites for hydroxylation is 1. The first kappa shape index (κ1) is 18.1. The second-order valence-electron chi connectivity index (χ2n) is 6.53. The van der Waals surface area contributed by atoms with Crippen LogP contribution in [-0.2, 0) is 6.54 Å². The lowest BCUT2D eigenvalue weighted by Crippen LogP contribution is -2.41. The number of aliphatic hydroxyl groups excluding tert-OH is 1. The lowest BCUT2D eigenvalue weighted by Gasteiger charge is -2.38. The molecule has 1 fully saturated rings. The van der Waals surface area contributed by atoms with Gasteiger partial charge in [0.15, 0.2) is 0 Å². The largest absolute Gasteiger partial charge is 0.495 e. The fourth-order valence-electron chi connectivity index (χ4n) is 3.23. The Morgan fingerprint density at radius 1 is 1.42 bits per heavy atom. The van der Waals surface area contributed by atoms with Crippen molar-refractivity contribution in [1.82, 2.24) is 14.9 Å². The zero-order valence-electron chi connectivity index (χ0n) is 14.9. The summed E-state index contributed by atoms with van der Waals surface area (Å²) in [4.78, 5) is 28.8. The summed E-state index contributed by atoms with van der Waals surface area (Å²) in [7, 11) is 1.56. The van der Waals surface area contributed by atoms with Gasteiger partial charge in [-0.1, -0.05) is 0 Å². The quantitative estimate of drug-likeness (QED) is 0.817. The van der Waals surface area contributed by atoms with Gasteiger partial charge in [-0.15, -0.1) is 0 Å². The Bertz CT molecular complexity index is 843. The van der Waals surface area contributed by atoms with Crippen LogP contribution in [0.3, 0.4) is 0 Å². The molecule has 0 saturated heterocycles.